The second-order valence-corrected chi connectivity index (χ2v) is 17.2. The fourth-order valence-corrected chi connectivity index (χ4v) is 10.4. The van der Waals surface area contributed by atoms with Crippen molar-refractivity contribution in [3.05, 3.63) is 216 Å². The first-order chi connectivity index (χ1) is 29.7. The zero-order chi connectivity index (χ0) is 40.0. The third kappa shape index (κ3) is 6.59. The van der Waals surface area contributed by atoms with E-state index in [-0.39, 0.29) is 12.0 Å². The molecule has 0 radical (unpaired) electrons. The SMILES string of the molecule is CCCCc1ccc2c(c1)cc(C1C=CC(N(C3=CC=CCC3C3=CCCC=C3)c3ccc(-c4ccc5c6c(ccc5c4)OC4C=CC=CC64)cc3)=CC1)c1ccccc12. The van der Waals surface area contributed by atoms with Crippen molar-refractivity contribution in [2.45, 2.75) is 69.8 Å². The summed E-state index contributed by atoms with van der Waals surface area (Å²) in [4.78, 5) is 2.54. The molecule has 0 saturated carbocycles. The smallest absolute Gasteiger partial charge is 0.128 e. The van der Waals surface area contributed by atoms with Crippen molar-refractivity contribution in [2.75, 3.05) is 4.90 Å². The monoisotopic (exact) mass is 777 g/mol. The molecule has 0 spiro atoms. The number of allylic oxidation sites excluding steroid dienone is 12. The minimum absolute atomic E-state index is 0.0905. The lowest BCUT2D eigenvalue weighted by atomic mass is 9.83. The lowest BCUT2D eigenvalue weighted by Gasteiger charge is -2.36. The molecular formula is C58H51NO. The molecule has 2 nitrogen and oxygen atoms in total. The fraction of sp³-hybridized carbons (Fsp3) is 0.207. The largest absolute Gasteiger partial charge is 0.485 e. The number of aryl methyl sites for hydroxylation is 1. The number of anilines is 1. The van der Waals surface area contributed by atoms with Crippen LogP contribution in [0.25, 0.3) is 43.4 Å². The maximum Gasteiger partial charge on any atom is 0.128 e. The zero-order valence-electron chi connectivity index (χ0n) is 34.4. The minimum atomic E-state index is 0.0905. The number of hydrogen-bond donors (Lipinski definition) is 0. The molecule has 0 N–H and O–H groups in total. The molecule has 294 valence electrons. The Balaban J connectivity index is 0.941. The molecule has 1 heterocycles. The third-order valence-electron chi connectivity index (χ3n) is 13.5. The van der Waals surface area contributed by atoms with Gasteiger partial charge in [-0.15, -0.1) is 0 Å². The fourth-order valence-electron chi connectivity index (χ4n) is 10.4. The summed E-state index contributed by atoms with van der Waals surface area (Å²) >= 11 is 0. The van der Waals surface area contributed by atoms with Crippen molar-refractivity contribution in [1.82, 2.24) is 0 Å². The molecule has 6 aromatic carbocycles. The third-order valence-corrected chi connectivity index (χ3v) is 13.5. The van der Waals surface area contributed by atoms with E-state index in [4.69, 9.17) is 4.74 Å². The number of nitrogens with zero attached hydrogens (tertiary/aromatic N) is 1. The van der Waals surface area contributed by atoms with Crippen LogP contribution in [0.15, 0.2) is 199 Å². The molecule has 0 bridgehead atoms. The van der Waals surface area contributed by atoms with E-state index < -0.39 is 0 Å². The van der Waals surface area contributed by atoms with Gasteiger partial charge < -0.3 is 9.64 Å². The average Bonchev–Trinajstić information content (AvgIpc) is 3.71. The molecule has 0 fully saturated rings. The standard InChI is InChI=1S/C58H51NO/c1-2-3-13-39-22-33-48-45(36-39)38-54(52-18-8-7-17-51(48)52)42-25-31-47(32-26-42)59(55-20-11-9-16-49(55)41-14-5-4-6-15-41)46-29-23-40(24-30-46)43-27-34-50-44(37-43)28-35-57-58(50)53-19-10-12-21-56(53)60-57/h5,7-12,14-15,17-25,27-38,42,49,53,56H,2-4,6,13,16,26H2,1H3. The molecule has 0 aromatic heterocycles. The van der Waals surface area contributed by atoms with E-state index in [0.717, 1.165) is 37.9 Å². The highest BCUT2D eigenvalue weighted by Crippen LogP contribution is 2.46. The van der Waals surface area contributed by atoms with Crippen LogP contribution < -0.4 is 9.64 Å². The summed E-state index contributed by atoms with van der Waals surface area (Å²) in [5.74, 6) is 1.87. The molecule has 5 aliphatic rings. The normalized spacial score (nSPS) is 21.4. The molecule has 2 heteroatoms. The van der Waals surface area contributed by atoms with Gasteiger partial charge in [0.15, 0.2) is 0 Å². The summed E-state index contributed by atoms with van der Waals surface area (Å²) in [7, 11) is 0. The van der Waals surface area contributed by atoms with Crippen LogP contribution >= 0.6 is 0 Å². The predicted molar refractivity (Wildman–Crippen MR) is 254 cm³/mol. The highest BCUT2D eigenvalue weighted by Gasteiger charge is 2.34. The highest BCUT2D eigenvalue weighted by molar-refractivity contribution is 6.09. The van der Waals surface area contributed by atoms with Crippen LogP contribution in [0, 0.1) is 5.92 Å². The van der Waals surface area contributed by atoms with Gasteiger partial charge in [0.25, 0.3) is 0 Å². The van der Waals surface area contributed by atoms with E-state index in [1.807, 2.05) is 0 Å². The average molecular weight is 778 g/mol. The first-order valence-electron chi connectivity index (χ1n) is 22.2. The Morgan fingerprint density at radius 3 is 2.38 bits per heavy atom. The van der Waals surface area contributed by atoms with Crippen LogP contribution in [-0.2, 0) is 6.42 Å². The second-order valence-electron chi connectivity index (χ2n) is 17.2. The van der Waals surface area contributed by atoms with Gasteiger partial charge in [0.2, 0.25) is 0 Å². The number of unbranched alkanes of at least 4 members (excludes halogenated alkanes) is 1. The van der Waals surface area contributed by atoms with Crippen LogP contribution in [0.3, 0.4) is 0 Å². The zero-order valence-corrected chi connectivity index (χ0v) is 34.4. The van der Waals surface area contributed by atoms with Crippen LogP contribution in [-0.4, -0.2) is 6.10 Å². The Bertz CT molecular complexity index is 2910. The topological polar surface area (TPSA) is 12.5 Å². The van der Waals surface area contributed by atoms with Gasteiger partial charge in [0.05, 0.1) is 0 Å². The van der Waals surface area contributed by atoms with E-state index in [0.29, 0.717) is 11.8 Å². The number of hydrogen-bond acceptors (Lipinski definition) is 2. The van der Waals surface area contributed by atoms with Gasteiger partial charge in [-0.05, 0) is 147 Å². The number of ether oxygens (including phenoxy) is 1. The summed E-state index contributed by atoms with van der Waals surface area (Å²) in [6.45, 7) is 2.28. The van der Waals surface area contributed by atoms with Gasteiger partial charge in [-0.2, -0.15) is 0 Å². The van der Waals surface area contributed by atoms with Crippen molar-refractivity contribution in [2.24, 2.45) is 5.92 Å². The summed E-state index contributed by atoms with van der Waals surface area (Å²) < 4.78 is 6.32. The summed E-state index contributed by atoms with van der Waals surface area (Å²) in [5, 5.41) is 7.95. The molecular weight excluding hydrogens is 727 g/mol. The Kier molecular flexibility index (Phi) is 9.57. The summed E-state index contributed by atoms with van der Waals surface area (Å²) in [6.07, 6.45) is 38.0. The lowest BCUT2D eigenvalue weighted by molar-refractivity contribution is 0.269. The van der Waals surface area contributed by atoms with E-state index in [1.54, 1.807) is 0 Å². The molecule has 0 saturated heterocycles. The van der Waals surface area contributed by atoms with Gasteiger partial charge in [-0.3, -0.25) is 0 Å². The maximum atomic E-state index is 6.32. The Morgan fingerprint density at radius 2 is 1.53 bits per heavy atom. The number of benzene rings is 6. The van der Waals surface area contributed by atoms with Crippen molar-refractivity contribution < 1.29 is 4.74 Å². The minimum Gasteiger partial charge on any atom is -0.485 e. The molecule has 4 unspecified atom stereocenters. The van der Waals surface area contributed by atoms with Crippen molar-refractivity contribution in [3.63, 3.8) is 0 Å². The number of rotatable bonds is 9. The van der Waals surface area contributed by atoms with E-state index in [2.05, 4.69) is 194 Å². The van der Waals surface area contributed by atoms with Crippen LogP contribution in [0.1, 0.15) is 74.0 Å². The van der Waals surface area contributed by atoms with Gasteiger partial charge in [0, 0.05) is 40.4 Å². The Labute approximate surface area is 354 Å². The summed E-state index contributed by atoms with van der Waals surface area (Å²) in [6, 6.07) is 39.2. The molecule has 11 rings (SSSR count). The molecule has 4 aliphatic carbocycles. The van der Waals surface area contributed by atoms with Crippen molar-refractivity contribution >= 4 is 38.0 Å². The van der Waals surface area contributed by atoms with E-state index in [9.17, 15) is 0 Å². The Hall–Kier alpha value is -6.38. The predicted octanol–water partition coefficient (Wildman–Crippen LogP) is 15.3. The van der Waals surface area contributed by atoms with Gasteiger partial charge in [-0.25, -0.2) is 0 Å². The molecule has 4 atom stereocenters. The van der Waals surface area contributed by atoms with Crippen LogP contribution in [0.2, 0.25) is 0 Å². The van der Waals surface area contributed by atoms with E-state index >= 15 is 0 Å². The van der Waals surface area contributed by atoms with Gasteiger partial charge in [-0.1, -0.05) is 147 Å². The summed E-state index contributed by atoms with van der Waals surface area (Å²) in [5.41, 5.74) is 11.8. The highest BCUT2D eigenvalue weighted by atomic mass is 16.5. The maximum absolute atomic E-state index is 6.32. The Morgan fingerprint density at radius 1 is 0.667 bits per heavy atom. The first-order valence-corrected chi connectivity index (χ1v) is 22.2. The van der Waals surface area contributed by atoms with Crippen LogP contribution in [0.5, 0.6) is 5.75 Å². The van der Waals surface area contributed by atoms with Gasteiger partial charge >= 0.3 is 0 Å². The molecule has 1 aliphatic heterocycles. The quantitative estimate of drug-likeness (QED) is 0.136. The molecule has 6 aromatic rings. The first kappa shape index (κ1) is 36.7. The lowest BCUT2D eigenvalue weighted by Crippen LogP contribution is -2.28. The molecule has 0 amide bonds. The van der Waals surface area contributed by atoms with Gasteiger partial charge in [0.1, 0.15) is 11.9 Å². The van der Waals surface area contributed by atoms with Crippen molar-refractivity contribution in [3.8, 4) is 16.9 Å². The number of fused-ring (bicyclic) bond motifs is 8. The second kappa shape index (κ2) is 15.7. The molecule has 60 heavy (non-hydrogen) atoms. The van der Waals surface area contributed by atoms with E-state index in [1.165, 1.54) is 95.6 Å². The van der Waals surface area contributed by atoms with Crippen molar-refractivity contribution in [1.29, 1.82) is 0 Å². The van der Waals surface area contributed by atoms with Crippen LogP contribution in [0.4, 0.5) is 5.69 Å².